The molecule has 2 amide bonds. The van der Waals surface area contributed by atoms with Gasteiger partial charge in [-0.3, -0.25) is 18.7 Å². The minimum Gasteiger partial charge on any atom is -0.349 e. The highest BCUT2D eigenvalue weighted by atomic mass is 32.2. The Hall–Kier alpha value is -2.06. The molecular formula is C12H14N2O9S2. The molecule has 1 saturated heterocycles. The average molecular weight is 394 g/mol. The van der Waals surface area contributed by atoms with E-state index in [1.165, 1.54) is 24.3 Å². The van der Waals surface area contributed by atoms with Gasteiger partial charge in [0.2, 0.25) is 11.6 Å². The average Bonchev–Trinajstić information content (AvgIpc) is 2.49. The van der Waals surface area contributed by atoms with E-state index in [1.54, 1.807) is 6.07 Å². The quantitative estimate of drug-likeness (QED) is 0.302. The van der Waals surface area contributed by atoms with Crippen molar-refractivity contribution in [2.75, 3.05) is 13.7 Å². The van der Waals surface area contributed by atoms with Crippen LogP contribution < -0.4 is 5.32 Å². The minimum atomic E-state index is -4.90. The van der Waals surface area contributed by atoms with E-state index in [4.69, 9.17) is 9.29 Å². The number of amides is 2. The summed E-state index contributed by atoms with van der Waals surface area (Å²) in [6.45, 7) is -0.764. The van der Waals surface area contributed by atoms with Crippen LogP contribution in [0.1, 0.15) is 10.8 Å². The molecule has 1 aromatic rings. The Bertz CT molecular complexity index is 898. The summed E-state index contributed by atoms with van der Waals surface area (Å²) in [5.41, 5.74) is -2.25. The van der Waals surface area contributed by atoms with Crippen LogP contribution in [-0.4, -0.2) is 61.4 Å². The summed E-state index contributed by atoms with van der Waals surface area (Å²) in [7, 11) is -8.77. The van der Waals surface area contributed by atoms with Gasteiger partial charge in [-0.25, -0.2) is 4.31 Å². The smallest absolute Gasteiger partial charge is 0.349 e. The van der Waals surface area contributed by atoms with Gasteiger partial charge in [-0.05, 0) is 5.56 Å². The lowest BCUT2D eigenvalue weighted by Gasteiger charge is -2.45. The number of carbonyl (C=O) groups is 2. The van der Waals surface area contributed by atoms with Crippen molar-refractivity contribution in [2.45, 2.75) is 11.0 Å². The summed E-state index contributed by atoms with van der Waals surface area (Å²) in [6, 6.07) is 6.95. The van der Waals surface area contributed by atoms with E-state index in [1.807, 2.05) is 5.32 Å². The molecule has 1 unspecified atom stereocenters. The number of methoxy groups -OCH3 is 1. The number of nitrogens with one attached hydrogen (secondary N) is 1. The van der Waals surface area contributed by atoms with Crippen molar-refractivity contribution in [1.82, 2.24) is 9.62 Å². The Morgan fingerprint density at radius 3 is 2.20 bits per heavy atom. The van der Waals surface area contributed by atoms with Crippen molar-refractivity contribution in [3.8, 4) is 0 Å². The van der Waals surface area contributed by atoms with E-state index < -0.39 is 49.8 Å². The zero-order valence-electron chi connectivity index (χ0n) is 12.7. The molecule has 11 nitrogen and oxygen atoms in total. The maximum Gasteiger partial charge on any atom is 0.362 e. The predicted octanol–water partition coefficient (Wildman–Crippen LogP) is -1.28. The number of hydrogen-bond donors (Lipinski definition) is 3. The second-order valence-electron chi connectivity index (χ2n) is 5.12. The Balaban J connectivity index is 2.31. The third-order valence-electron chi connectivity index (χ3n) is 3.53. The van der Waals surface area contributed by atoms with E-state index >= 15 is 0 Å². The van der Waals surface area contributed by atoms with Crippen LogP contribution in [0.2, 0.25) is 0 Å². The highest BCUT2D eigenvalue weighted by Crippen LogP contribution is 2.29. The molecule has 0 aromatic heterocycles. The van der Waals surface area contributed by atoms with Gasteiger partial charge in [-0.1, -0.05) is 30.3 Å². The lowest BCUT2D eigenvalue weighted by atomic mass is 10.0. The fourth-order valence-electron chi connectivity index (χ4n) is 2.29. The number of rotatable bonds is 6. The molecule has 0 radical (unpaired) electrons. The van der Waals surface area contributed by atoms with Crippen LogP contribution in [0.25, 0.3) is 0 Å². The summed E-state index contributed by atoms with van der Waals surface area (Å²) in [5, 5.41) is -0.0923. The number of benzene rings is 1. The maximum absolute atomic E-state index is 12.3. The van der Waals surface area contributed by atoms with Crippen LogP contribution in [0.3, 0.4) is 0 Å². The molecule has 2 rings (SSSR count). The van der Waals surface area contributed by atoms with Gasteiger partial charge in [0, 0.05) is 7.11 Å². The second-order valence-corrected chi connectivity index (χ2v) is 7.95. The minimum absolute atomic E-state index is 0.0295. The first-order valence-electron chi connectivity index (χ1n) is 6.60. The summed E-state index contributed by atoms with van der Waals surface area (Å²) >= 11 is 0. The van der Waals surface area contributed by atoms with Gasteiger partial charge in [0.1, 0.15) is 0 Å². The van der Waals surface area contributed by atoms with E-state index in [-0.39, 0.29) is 9.87 Å². The molecule has 0 saturated carbocycles. The van der Waals surface area contributed by atoms with Crippen molar-refractivity contribution < 1.29 is 40.3 Å². The third kappa shape index (κ3) is 3.64. The summed E-state index contributed by atoms with van der Waals surface area (Å²) in [4.78, 5) is 24.3. The summed E-state index contributed by atoms with van der Waals surface area (Å²) in [6.07, 6.45) is 0. The maximum atomic E-state index is 12.3. The molecule has 13 heteroatoms. The zero-order valence-corrected chi connectivity index (χ0v) is 14.3. The van der Waals surface area contributed by atoms with Crippen molar-refractivity contribution in [1.29, 1.82) is 0 Å². The fraction of sp³-hybridized carbons (Fsp3) is 0.333. The molecule has 1 fully saturated rings. The molecule has 0 spiro atoms. The lowest BCUT2D eigenvalue weighted by Crippen LogP contribution is -2.76. The van der Waals surface area contributed by atoms with Crippen LogP contribution in [-0.2, 0) is 34.7 Å². The van der Waals surface area contributed by atoms with Crippen molar-refractivity contribution in [3.63, 3.8) is 0 Å². The molecule has 1 aliphatic rings. The number of carbonyl (C=O) groups excluding carboxylic acids is 2. The van der Waals surface area contributed by atoms with Crippen LogP contribution >= 0.6 is 0 Å². The highest BCUT2D eigenvalue weighted by molar-refractivity contribution is 7.86. The van der Waals surface area contributed by atoms with Gasteiger partial charge in [0.05, 0.1) is 6.54 Å². The van der Waals surface area contributed by atoms with E-state index in [2.05, 4.69) is 0 Å². The van der Waals surface area contributed by atoms with Crippen molar-refractivity contribution in [2.24, 2.45) is 0 Å². The molecule has 138 valence electrons. The molecule has 2 atom stereocenters. The number of hydrogen-bond acceptors (Lipinski definition) is 7. The normalized spacial score (nSPS) is 22.2. The van der Waals surface area contributed by atoms with Gasteiger partial charge >= 0.3 is 10.3 Å². The predicted molar refractivity (Wildman–Crippen MR) is 81.9 cm³/mol. The van der Waals surface area contributed by atoms with Crippen LogP contribution in [0.5, 0.6) is 0 Å². The fourth-order valence-corrected chi connectivity index (χ4v) is 3.82. The first-order valence-corrected chi connectivity index (χ1v) is 9.50. The Morgan fingerprint density at radius 2 is 1.80 bits per heavy atom. The van der Waals surface area contributed by atoms with Gasteiger partial charge in [-0.15, -0.1) is 0 Å². The van der Waals surface area contributed by atoms with Crippen molar-refractivity contribution >= 4 is 32.2 Å². The highest BCUT2D eigenvalue weighted by Gasteiger charge is 2.59. The Labute approximate surface area is 143 Å². The van der Waals surface area contributed by atoms with E-state index in [0.29, 0.717) is 0 Å². The monoisotopic (exact) mass is 394 g/mol. The van der Waals surface area contributed by atoms with Gasteiger partial charge in [0.25, 0.3) is 16.0 Å². The van der Waals surface area contributed by atoms with Crippen LogP contribution in [0.15, 0.2) is 30.3 Å². The van der Waals surface area contributed by atoms with Crippen molar-refractivity contribution in [3.05, 3.63) is 35.9 Å². The summed E-state index contributed by atoms with van der Waals surface area (Å²) in [5.74, 6) is -2.62. The Morgan fingerprint density at radius 1 is 1.24 bits per heavy atom. The molecule has 25 heavy (non-hydrogen) atoms. The molecule has 0 bridgehead atoms. The van der Waals surface area contributed by atoms with Crippen LogP contribution in [0, 0.1) is 0 Å². The topological polar surface area (TPSA) is 167 Å². The molecule has 1 aliphatic heterocycles. The first kappa shape index (κ1) is 19.3. The third-order valence-corrected chi connectivity index (χ3v) is 5.46. The van der Waals surface area contributed by atoms with Crippen LogP contribution in [0.4, 0.5) is 0 Å². The number of ether oxygens (including phenoxy) is 1. The molecule has 3 N–H and O–H groups in total. The van der Waals surface area contributed by atoms with Gasteiger partial charge in [-0.2, -0.15) is 16.8 Å². The standard InChI is InChI=1S/C12H14N2O9S2/c1-23-12(7-14(11(12)16)25(20,21)22)13-10(15)9(24(17,18)19)8-5-3-2-4-6-8/h2-6,9H,7H2,1H3,(H,13,15)(H,17,18,19)(H,20,21,22)/t9?,12-/m1/s1. The number of β-lactam (4-membered cyclic amide) rings is 1. The second kappa shape index (κ2) is 6.34. The summed E-state index contributed by atoms with van der Waals surface area (Å²) < 4.78 is 68.2. The Kier molecular flexibility index (Phi) is 4.89. The lowest BCUT2D eigenvalue weighted by molar-refractivity contribution is -0.180. The number of nitrogens with zero attached hydrogens (tertiary/aromatic N) is 1. The first-order chi connectivity index (χ1) is 11.4. The van der Waals surface area contributed by atoms with E-state index in [9.17, 15) is 31.0 Å². The van der Waals surface area contributed by atoms with Gasteiger partial charge in [0.15, 0.2) is 5.25 Å². The zero-order chi connectivity index (χ0) is 19.0. The molecule has 1 aromatic carbocycles. The molecule has 0 aliphatic carbocycles. The van der Waals surface area contributed by atoms with E-state index in [0.717, 1.165) is 7.11 Å². The molecule has 1 heterocycles. The largest absolute Gasteiger partial charge is 0.362 e. The van der Waals surface area contributed by atoms with Gasteiger partial charge < -0.3 is 10.1 Å². The SMILES string of the molecule is CO[C@]1(NC(=O)C(c2ccccc2)S(=O)(=O)O)CN(S(=O)(=O)O)C1=O. The molecular weight excluding hydrogens is 380 g/mol.